The molecule has 1 aromatic rings. The Morgan fingerprint density at radius 3 is 2.20 bits per heavy atom. The maximum Gasteiger partial charge on any atom is 0.248 e. The second-order valence-electron chi connectivity index (χ2n) is 3.98. The van der Waals surface area contributed by atoms with Crippen LogP contribution in [0.4, 0.5) is 13.2 Å². The van der Waals surface area contributed by atoms with Gasteiger partial charge in [0.1, 0.15) is 5.82 Å². The van der Waals surface area contributed by atoms with Crippen LogP contribution in [0.15, 0.2) is 24.3 Å². The first kappa shape index (κ1) is 11.0. The lowest BCUT2D eigenvalue weighted by Gasteiger charge is -2.38. The SMILES string of the molecule is Fc1ccc(C(Br)C2CC(F)(F)C2)cc1. The fourth-order valence-electron chi connectivity index (χ4n) is 1.83. The van der Waals surface area contributed by atoms with Gasteiger partial charge in [-0.25, -0.2) is 13.2 Å². The molecule has 1 atom stereocenters. The highest BCUT2D eigenvalue weighted by atomic mass is 79.9. The molecule has 82 valence electrons. The summed E-state index contributed by atoms with van der Waals surface area (Å²) in [6.07, 6.45) is -0.166. The molecule has 0 saturated heterocycles. The van der Waals surface area contributed by atoms with Crippen molar-refractivity contribution in [1.29, 1.82) is 0 Å². The minimum absolute atomic E-state index is 0.0505. The summed E-state index contributed by atoms with van der Waals surface area (Å²) >= 11 is 3.38. The van der Waals surface area contributed by atoms with Crippen LogP contribution in [0.5, 0.6) is 0 Å². The summed E-state index contributed by atoms with van der Waals surface area (Å²) in [5.74, 6) is -2.86. The third-order valence-corrected chi connectivity index (χ3v) is 4.00. The normalized spacial score (nSPS) is 22.1. The number of halogens is 4. The van der Waals surface area contributed by atoms with Crippen LogP contribution >= 0.6 is 15.9 Å². The fraction of sp³-hybridized carbons (Fsp3) is 0.455. The second kappa shape index (κ2) is 3.81. The summed E-state index contributed by atoms with van der Waals surface area (Å²) in [4.78, 5) is -0.0993. The maximum atomic E-state index is 12.6. The number of benzene rings is 1. The third kappa shape index (κ3) is 2.36. The van der Waals surface area contributed by atoms with Gasteiger partial charge in [-0.2, -0.15) is 0 Å². The van der Waals surface area contributed by atoms with Crippen molar-refractivity contribution < 1.29 is 13.2 Å². The molecule has 1 aliphatic rings. The van der Waals surface area contributed by atoms with Crippen molar-refractivity contribution in [2.24, 2.45) is 5.92 Å². The predicted molar refractivity (Wildman–Crippen MR) is 55.7 cm³/mol. The lowest BCUT2D eigenvalue weighted by atomic mass is 9.77. The largest absolute Gasteiger partial charge is 0.248 e. The predicted octanol–water partition coefficient (Wildman–Crippen LogP) is 4.31. The van der Waals surface area contributed by atoms with E-state index in [9.17, 15) is 13.2 Å². The quantitative estimate of drug-likeness (QED) is 0.708. The van der Waals surface area contributed by atoms with Crippen LogP contribution in [0.1, 0.15) is 23.2 Å². The zero-order valence-electron chi connectivity index (χ0n) is 7.89. The van der Waals surface area contributed by atoms with Gasteiger partial charge < -0.3 is 0 Å². The topological polar surface area (TPSA) is 0 Å². The van der Waals surface area contributed by atoms with Gasteiger partial charge in [0.05, 0.1) is 0 Å². The van der Waals surface area contributed by atoms with Crippen molar-refractivity contribution in [2.45, 2.75) is 23.6 Å². The first-order chi connectivity index (χ1) is 6.98. The molecule has 0 aliphatic heterocycles. The first-order valence-corrected chi connectivity index (χ1v) is 5.67. The first-order valence-electron chi connectivity index (χ1n) is 4.75. The Bertz CT molecular complexity index is 339. The number of hydrogen-bond acceptors (Lipinski definition) is 0. The van der Waals surface area contributed by atoms with Crippen LogP contribution < -0.4 is 0 Å². The van der Waals surface area contributed by atoms with Crippen molar-refractivity contribution in [2.75, 3.05) is 0 Å². The Morgan fingerprint density at radius 2 is 1.73 bits per heavy atom. The molecule has 0 N–H and O–H groups in total. The van der Waals surface area contributed by atoms with Crippen LogP contribution in [0, 0.1) is 11.7 Å². The molecule has 0 nitrogen and oxygen atoms in total. The Balaban J connectivity index is 2.03. The summed E-state index contributed by atoms with van der Waals surface area (Å²) in [6, 6.07) is 5.96. The molecule has 0 bridgehead atoms. The molecular formula is C11H10BrF3. The van der Waals surface area contributed by atoms with Crippen molar-refractivity contribution in [3.05, 3.63) is 35.6 Å². The molecule has 1 unspecified atom stereocenters. The molecule has 1 saturated carbocycles. The summed E-state index contributed by atoms with van der Waals surface area (Å²) in [5.41, 5.74) is 0.858. The van der Waals surface area contributed by atoms with Gasteiger partial charge in [-0.15, -0.1) is 0 Å². The Labute approximate surface area is 94.6 Å². The third-order valence-electron chi connectivity index (χ3n) is 2.72. The molecular weight excluding hydrogens is 269 g/mol. The van der Waals surface area contributed by atoms with E-state index in [2.05, 4.69) is 15.9 Å². The molecule has 0 heterocycles. The average Bonchev–Trinajstić information content (AvgIpc) is 2.14. The van der Waals surface area contributed by atoms with Crippen molar-refractivity contribution in [1.82, 2.24) is 0 Å². The molecule has 0 amide bonds. The smallest absolute Gasteiger partial charge is 0.207 e. The summed E-state index contributed by atoms with van der Waals surface area (Å²) in [6.45, 7) is 0. The zero-order chi connectivity index (χ0) is 11.1. The summed E-state index contributed by atoms with van der Waals surface area (Å²) < 4.78 is 37.9. The van der Waals surface area contributed by atoms with Crippen LogP contribution in [-0.2, 0) is 0 Å². The van der Waals surface area contributed by atoms with Crippen molar-refractivity contribution in [3.63, 3.8) is 0 Å². The summed E-state index contributed by atoms with van der Waals surface area (Å²) in [5, 5.41) is 0. The molecule has 1 fully saturated rings. The second-order valence-corrected chi connectivity index (χ2v) is 4.96. The maximum absolute atomic E-state index is 12.6. The molecule has 1 aliphatic carbocycles. The number of rotatable bonds is 2. The van der Waals surface area contributed by atoms with Gasteiger partial charge in [0, 0.05) is 17.7 Å². The standard InChI is InChI=1S/C11H10BrF3/c12-10(8-5-11(14,15)6-8)7-1-3-9(13)4-2-7/h1-4,8,10H,5-6H2. The summed E-state index contributed by atoms with van der Waals surface area (Å²) in [7, 11) is 0. The highest BCUT2D eigenvalue weighted by Gasteiger charge is 2.48. The van der Waals surface area contributed by atoms with Gasteiger partial charge in [-0.3, -0.25) is 0 Å². The van der Waals surface area contributed by atoms with Gasteiger partial charge in [-0.1, -0.05) is 28.1 Å². The van der Waals surface area contributed by atoms with Crippen molar-refractivity contribution in [3.8, 4) is 0 Å². The van der Waals surface area contributed by atoms with Gasteiger partial charge in [0.15, 0.2) is 0 Å². The van der Waals surface area contributed by atoms with Crippen molar-refractivity contribution >= 4 is 15.9 Å². The lowest BCUT2D eigenvalue weighted by molar-refractivity contribution is -0.110. The number of alkyl halides is 3. The average molecular weight is 279 g/mol. The minimum Gasteiger partial charge on any atom is -0.207 e. The van der Waals surface area contributed by atoms with Crippen LogP contribution in [0.25, 0.3) is 0 Å². The minimum atomic E-state index is -2.50. The van der Waals surface area contributed by atoms with Gasteiger partial charge in [-0.05, 0) is 23.6 Å². The van der Waals surface area contributed by atoms with E-state index in [1.807, 2.05) is 0 Å². The molecule has 0 spiro atoms. The Morgan fingerprint density at radius 1 is 1.20 bits per heavy atom. The van der Waals surface area contributed by atoms with Gasteiger partial charge in [0.25, 0.3) is 0 Å². The molecule has 2 rings (SSSR count). The van der Waals surface area contributed by atoms with Crippen LogP contribution in [0.2, 0.25) is 0 Å². The molecule has 0 radical (unpaired) electrons. The highest BCUT2D eigenvalue weighted by Crippen LogP contribution is 2.51. The highest BCUT2D eigenvalue weighted by molar-refractivity contribution is 9.09. The van der Waals surface area contributed by atoms with Crippen LogP contribution in [0.3, 0.4) is 0 Å². The zero-order valence-corrected chi connectivity index (χ0v) is 9.48. The lowest BCUT2D eigenvalue weighted by Crippen LogP contribution is -2.37. The molecule has 15 heavy (non-hydrogen) atoms. The Kier molecular flexibility index (Phi) is 2.79. The molecule has 1 aromatic carbocycles. The van der Waals surface area contributed by atoms with E-state index >= 15 is 0 Å². The monoisotopic (exact) mass is 278 g/mol. The fourth-order valence-corrected chi connectivity index (χ4v) is 2.51. The van der Waals surface area contributed by atoms with E-state index in [4.69, 9.17) is 0 Å². The van der Waals surface area contributed by atoms with Gasteiger partial charge in [0.2, 0.25) is 5.92 Å². The molecule has 4 heteroatoms. The van der Waals surface area contributed by atoms with Crippen LogP contribution in [-0.4, -0.2) is 5.92 Å². The van der Waals surface area contributed by atoms with E-state index in [0.717, 1.165) is 5.56 Å². The van der Waals surface area contributed by atoms with E-state index in [1.165, 1.54) is 12.1 Å². The van der Waals surface area contributed by atoms with Gasteiger partial charge >= 0.3 is 0 Å². The van der Waals surface area contributed by atoms with E-state index < -0.39 is 5.92 Å². The van der Waals surface area contributed by atoms with E-state index in [0.29, 0.717) is 0 Å². The molecule has 0 aromatic heterocycles. The Hall–Kier alpha value is -0.510. The number of hydrogen-bond donors (Lipinski definition) is 0. The van der Waals surface area contributed by atoms with E-state index in [1.54, 1.807) is 12.1 Å². The van der Waals surface area contributed by atoms with E-state index in [-0.39, 0.29) is 29.4 Å².